The van der Waals surface area contributed by atoms with E-state index in [1.54, 1.807) is 0 Å². The summed E-state index contributed by atoms with van der Waals surface area (Å²) in [5, 5.41) is 15.2. The van der Waals surface area contributed by atoms with Gasteiger partial charge in [0.2, 0.25) is 0 Å². The third-order valence-corrected chi connectivity index (χ3v) is 8.81. The van der Waals surface area contributed by atoms with Crippen LogP contribution < -0.4 is 10.6 Å². The minimum Gasteiger partial charge on any atom is -0.459 e. The van der Waals surface area contributed by atoms with Crippen LogP contribution >= 0.6 is 0 Å². The highest BCUT2D eigenvalue weighted by Crippen LogP contribution is 2.42. The molecular weight excluding hydrogens is 594 g/mol. The average Bonchev–Trinajstić information content (AvgIpc) is 3.53. The Balaban J connectivity index is 1.35. The molecule has 2 saturated heterocycles. The highest BCUT2D eigenvalue weighted by atomic mass is 16.7. The van der Waals surface area contributed by atoms with Crippen LogP contribution in [0, 0.1) is 5.92 Å². The van der Waals surface area contributed by atoms with E-state index >= 15 is 0 Å². The van der Waals surface area contributed by atoms with E-state index in [0.717, 1.165) is 52.8 Å². The van der Waals surface area contributed by atoms with Crippen LogP contribution in [0.25, 0.3) is 11.1 Å². The standard InChI is InChI=1S/C38H49N3O6/c1-6-39-37(44)40-22-27-9-7-10-31(21-27)28-16-18-30(19-17-28)36-45-33(23-41-20-8-11-32(41)35(43)47-38(3,4)5)25(2)34(46-36)29-14-12-26(24-42)13-15-29/h7,9-10,12-19,21,25,32-34,36,42H,6,8,11,20,22-24H2,1-5H3,(H2,39,40,44)/t25-,32+,33+,34+,36+/m1/s1. The maximum atomic E-state index is 13.1. The Morgan fingerprint density at radius 2 is 1.66 bits per heavy atom. The number of urea groups is 1. The van der Waals surface area contributed by atoms with Crippen molar-refractivity contribution in [2.75, 3.05) is 19.6 Å². The predicted molar refractivity (Wildman–Crippen MR) is 181 cm³/mol. The van der Waals surface area contributed by atoms with Crippen LogP contribution in [0.15, 0.2) is 72.8 Å². The van der Waals surface area contributed by atoms with Gasteiger partial charge < -0.3 is 30.0 Å². The van der Waals surface area contributed by atoms with Gasteiger partial charge in [0.25, 0.3) is 0 Å². The fourth-order valence-electron chi connectivity index (χ4n) is 6.34. The van der Waals surface area contributed by atoms with E-state index in [1.807, 2.05) is 76.2 Å². The molecule has 3 aromatic rings. The maximum Gasteiger partial charge on any atom is 0.323 e. The highest BCUT2D eigenvalue weighted by Gasteiger charge is 2.42. The van der Waals surface area contributed by atoms with E-state index in [2.05, 4.69) is 46.7 Å². The second-order valence-electron chi connectivity index (χ2n) is 13.5. The molecule has 0 saturated carbocycles. The molecule has 0 radical (unpaired) electrons. The summed E-state index contributed by atoms with van der Waals surface area (Å²) < 4.78 is 19.2. The number of benzene rings is 3. The van der Waals surface area contributed by atoms with Gasteiger partial charge in [0, 0.05) is 31.1 Å². The van der Waals surface area contributed by atoms with Gasteiger partial charge in [0.15, 0.2) is 6.29 Å². The number of carbonyl (C=O) groups is 2. The third-order valence-electron chi connectivity index (χ3n) is 8.81. The number of aliphatic hydroxyl groups excluding tert-OH is 1. The fraction of sp³-hybridized carbons (Fsp3) is 0.474. The quantitative estimate of drug-likeness (QED) is 0.224. The number of hydrogen-bond acceptors (Lipinski definition) is 7. The summed E-state index contributed by atoms with van der Waals surface area (Å²) in [6.45, 7) is 12.1. The number of hydrogen-bond donors (Lipinski definition) is 3. The first kappa shape index (κ1) is 34.6. The molecule has 0 aliphatic carbocycles. The van der Waals surface area contributed by atoms with Crippen molar-refractivity contribution >= 4 is 12.0 Å². The SMILES string of the molecule is CCNC(=O)NCc1cccc(-c2ccc([C@H]3O[C@@H](CN4CCC[C@H]4C(=O)OC(C)(C)C)[C@@H](C)[C@@H](c4ccc(CO)cc4)O3)cc2)c1. The summed E-state index contributed by atoms with van der Waals surface area (Å²) in [4.78, 5) is 27.2. The lowest BCUT2D eigenvalue weighted by molar-refractivity contribution is -0.276. The molecule has 0 unspecified atom stereocenters. The van der Waals surface area contributed by atoms with Crippen LogP contribution in [0.1, 0.15) is 82.1 Å². The topological polar surface area (TPSA) is 109 Å². The summed E-state index contributed by atoms with van der Waals surface area (Å²) in [5.74, 6) is -0.178. The van der Waals surface area contributed by atoms with E-state index in [-0.39, 0.29) is 42.8 Å². The van der Waals surface area contributed by atoms with Gasteiger partial charge in [-0.2, -0.15) is 0 Å². The Labute approximate surface area is 278 Å². The molecule has 3 aromatic carbocycles. The van der Waals surface area contributed by atoms with Gasteiger partial charge in [0.1, 0.15) is 11.6 Å². The summed E-state index contributed by atoms with van der Waals surface area (Å²) >= 11 is 0. The van der Waals surface area contributed by atoms with Crippen molar-refractivity contribution in [1.29, 1.82) is 0 Å². The van der Waals surface area contributed by atoms with Crippen molar-refractivity contribution < 1.29 is 28.9 Å². The Bertz CT molecular complexity index is 1490. The third kappa shape index (κ3) is 8.99. The highest BCUT2D eigenvalue weighted by molar-refractivity contribution is 5.76. The average molecular weight is 644 g/mol. The molecule has 0 spiro atoms. The number of rotatable bonds is 10. The molecule has 252 valence electrons. The maximum absolute atomic E-state index is 13.1. The molecule has 9 nitrogen and oxygen atoms in total. The number of nitrogens with one attached hydrogen (secondary N) is 2. The number of nitrogens with zero attached hydrogens (tertiary/aromatic N) is 1. The molecule has 2 aliphatic rings. The normalized spacial score (nSPS) is 23.3. The van der Waals surface area contributed by atoms with Crippen LogP contribution in [0.4, 0.5) is 4.79 Å². The zero-order valence-electron chi connectivity index (χ0n) is 28.2. The molecule has 0 aromatic heterocycles. The molecule has 5 atom stereocenters. The van der Waals surface area contributed by atoms with Crippen molar-refractivity contribution in [2.45, 2.75) is 90.8 Å². The lowest BCUT2D eigenvalue weighted by atomic mass is 9.89. The second kappa shape index (κ2) is 15.4. The van der Waals surface area contributed by atoms with E-state index in [1.165, 1.54) is 0 Å². The van der Waals surface area contributed by atoms with Crippen LogP contribution in [-0.4, -0.2) is 59.4 Å². The zero-order valence-corrected chi connectivity index (χ0v) is 28.2. The van der Waals surface area contributed by atoms with E-state index in [9.17, 15) is 14.7 Å². The molecule has 0 bridgehead atoms. The minimum absolute atomic E-state index is 0.00106. The Hall–Kier alpha value is -3.76. The van der Waals surface area contributed by atoms with Crippen LogP contribution in [0.5, 0.6) is 0 Å². The molecule has 2 amide bonds. The number of esters is 1. The molecule has 9 heteroatoms. The number of ether oxygens (including phenoxy) is 3. The van der Waals surface area contributed by atoms with Gasteiger partial charge in [-0.3, -0.25) is 9.69 Å². The first-order valence-corrected chi connectivity index (χ1v) is 16.7. The Morgan fingerprint density at radius 1 is 0.936 bits per heavy atom. The van der Waals surface area contributed by atoms with Crippen LogP contribution in [0.2, 0.25) is 0 Å². The minimum atomic E-state index is -0.608. The molecule has 5 rings (SSSR count). The van der Waals surface area contributed by atoms with Crippen molar-refractivity contribution in [2.24, 2.45) is 5.92 Å². The predicted octanol–water partition coefficient (Wildman–Crippen LogP) is 6.26. The molecular formula is C38H49N3O6. The van der Waals surface area contributed by atoms with Gasteiger partial charge >= 0.3 is 12.0 Å². The number of amides is 2. The van der Waals surface area contributed by atoms with Crippen LogP contribution in [-0.2, 0) is 32.2 Å². The van der Waals surface area contributed by atoms with Crippen molar-refractivity contribution in [3.05, 3.63) is 95.1 Å². The largest absolute Gasteiger partial charge is 0.459 e. The monoisotopic (exact) mass is 643 g/mol. The lowest BCUT2D eigenvalue weighted by Gasteiger charge is -2.43. The Kier molecular flexibility index (Phi) is 11.3. The van der Waals surface area contributed by atoms with Gasteiger partial charge in [-0.1, -0.05) is 73.7 Å². The fourth-order valence-corrected chi connectivity index (χ4v) is 6.34. The lowest BCUT2D eigenvalue weighted by Crippen LogP contribution is -2.48. The summed E-state index contributed by atoms with van der Waals surface area (Å²) in [6.07, 6.45) is 0.646. The van der Waals surface area contributed by atoms with Gasteiger partial charge in [-0.05, 0) is 81.0 Å². The van der Waals surface area contributed by atoms with Gasteiger partial charge in [-0.25, -0.2) is 4.79 Å². The molecule has 2 heterocycles. The van der Waals surface area contributed by atoms with Crippen molar-refractivity contribution in [3.8, 4) is 11.1 Å². The van der Waals surface area contributed by atoms with Crippen molar-refractivity contribution in [1.82, 2.24) is 15.5 Å². The van der Waals surface area contributed by atoms with Gasteiger partial charge in [0.05, 0.1) is 18.8 Å². The van der Waals surface area contributed by atoms with E-state index in [4.69, 9.17) is 14.2 Å². The molecule has 2 aliphatic heterocycles. The summed E-state index contributed by atoms with van der Waals surface area (Å²) in [5.41, 5.74) is 5.33. The molecule has 2 fully saturated rings. The smallest absolute Gasteiger partial charge is 0.323 e. The van der Waals surface area contributed by atoms with Gasteiger partial charge in [-0.15, -0.1) is 0 Å². The van der Waals surface area contributed by atoms with E-state index < -0.39 is 11.9 Å². The number of likely N-dealkylation sites (tertiary alicyclic amines) is 1. The zero-order chi connectivity index (χ0) is 33.6. The molecule has 47 heavy (non-hydrogen) atoms. The van der Waals surface area contributed by atoms with Crippen molar-refractivity contribution in [3.63, 3.8) is 0 Å². The summed E-state index contributed by atoms with van der Waals surface area (Å²) in [7, 11) is 0. The summed E-state index contributed by atoms with van der Waals surface area (Å²) in [6, 6.07) is 23.7. The molecule has 3 N–H and O–H groups in total. The first-order chi connectivity index (χ1) is 22.5. The Morgan fingerprint density at radius 3 is 2.34 bits per heavy atom. The number of aliphatic hydroxyl groups is 1. The second-order valence-corrected chi connectivity index (χ2v) is 13.5. The first-order valence-electron chi connectivity index (χ1n) is 16.7. The van der Waals surface area contributed by atoms with E-state index in [0.29, 0.717) is 19.6 Å². The van der Waals surface area contributed by atoms with Crippen LogP contribution in [0.3, 0.4) is 0 Å². The number of carbonyl (C=O) groups excluding carboxylic acids is 2.